The molecule has 0 aliphatic carbocycles. The molecule has 0 aliphatic heterocycles. The van der Waals surface area contributed by atoms with Gasteiger partial charge in [0, 0.05) is 12.3 Å². The minimum Gasteiger partial charge on any atom is -0.481 e. The van der Waals surface area contributed by atoms with Crippen LogP contribution in [0.15, 0.2) is 54.6 Å². The summed E-state index contributed by atoms with van der Waals surface area (Å²) in [7, 11) is -3.48. The van der Waals surface area contributed by atoms with Crippen LogP contribution in [0, 0.1) is 12.1 Å². The Morgan fingerprint density at radius 2 is 1.65 bits per heavy atom. The summed E-state index contributed by atoms with van der Waals surface area (Å²) in [5, 5.41) is 9.28. The third kappa shape index (κ3) is 5.05. The van der Waals surface area contributed by atoms with Crippen molar-refractivity contribution in [2.75, 3.05) is 6.16 Å². The molecule has 5 heteroatoms. The van der Waals surface area contributed by atoms with Crippen molar-refractivity contribution in [3.05, 3.63) is 66.3 Å². The zero-order valence-corrected chi connectivity index (χ0v) is 13.8. The van der Waals surface area contributed by atoms with E-state index in [-0.39, 0.29) is 12.6 Å². The number of carbonyl (C=O) groups is 1. The monoisotopic (exact) mass is 331 g/mol. The lowest BCUT2D eigenvalue weighted by atomic mass is 9.98. The van der Waals surface area contributed by atoms with Crippen LogP contribution < -0.4 is 0 Å². The van der Waals surface area contributed by atoms with E-state index < -0.39 is 19.3 Å². The Morgan fingerprint density at radius 1 is 1.09 bits per heavy atom. The molecule has 1 radical (unpaired) electrons. The Balaban J connectivity index is 2.12. The van der Waals surface area contributed by atoms with Crippen molar-refractivity contribution in [2.45, 2.75) is 13.3 Å². The predicted octanol–water partition coefficient (Wildman–Crippen LogP) is 4.05. The van der Waals surface area contributed by atoms with Gasteiger partial charge in [0.1, 0.15) is 0 Å². The zero-order chi connectivity index (χ0) is 16.9. The van der Waals surface area contributed by atoms with Crippen molar-refractivity contribution in [3.8, 4) is 11.1 Å². The second-order valence-electron chi connectivity index (χ2n) is 5.50. The number of hydrogen-bond donors (Lipinski definition) is 2. The molecular weight excluding hydrogens is 311 g/mol. The standard InChI is InChI=1S/C18H20O4P/c1-2-23(21,22)13-17(18(19)20)12-14-8-10-16(11-9-14)15-6-4-3-5-7-15/h2-11,17H,12-13H2,1H3,(H,19,20)(H,21,22). The van der Waals surface area contributed by atoms with E-state index in [4.69, 9.17) is 0 Å². The number of rotatable bonds is 7. The van der Waals surface area contributed by atoms with E-state index in [1.165, 1.54) is 13.1 Å². The molecule has 0 amide bonds. The number of benzene rings is 2. The van der Waals surface area contributed by atoms with Gasteiger partial charge in [0.25, 0.3) is 0 Å². The van der Waals surface area contributed by atoms with Crippen LogP contribution in [-0.4, -0.2) is 22.1 Å². The van der Waals surface area contributed by atoms with Gasteiger partial charge >= 0.3 is 5.97 Å². The second kappa shape index (κ2) is 7.58. The van der Waals surface area contributed by atoms with Gasteiger partial charge in [-0.05, 0) is 23.1 Å². The Kier molecular flexibility index (Phi) is 5.75. The van der Waals surface area contributed by atoms with Gasteiger partial charge in [0.05, 0.1) is 5.92 Å². The van der Waals surface area contributed by atoms with Crippen LogP contribution >= 0.6 is 7.37 Å². The Labute approximate surface area is 136 Å². The van der Waals surface area contributed by atoms with Gasteiger partial charge in [0.2, 0.25) is 7.37 Å². The summed E-state index contributed by atoms with van der Waals surface area (Å²) < 4.78 is 11.8. The molecule has 0 aromatic heterocycles. The molecule has 0 fully saturated rings. The molecule has 0 heterocycles. The van der Waals surface area contributed by atoms with E-state index in [1.54, 1.807) is 0 Å². The fraction of sp³-hybridized carbons (Fsp3) is 0.222. The second-order valence-corrected chi connectivity index (χ2v) is 7.89. The number of carboxylic acid groups (broad SMARTS) is 1. The van der Waals surface area contributed by atoms with Gasteiger partial charge in [-0.15, -0.1) is 0 Å². The molecule has 0 saturated heterocycles. The van der Waals surface area contributed by atoms with Gasteiger partial charge in [0.15, 0.2) is 0 Å². The molecule has 2 unspecified atom stereocenters. The van der Waals surface area contributed by atoms with Crippen molar-refractivity contribution in [3.63, 3.8) is 0 Å². The van der Waals surface area contributed by atoms with Gasteiger partial charge in [-0.25, -0.2) is 0 Å². The maximum absolute atomic E-state index is 11.8. The minimum absolute atomic E-state index is 0.237. The SMILES string of the molecule is C[CH]P(=O)(O)CC(Cc1ccc(-c2ccccc2)cc1)C(=O)O. The average molecular weight is 331 g/mol. The summed E-state index contributed by atoms with van der Waals surface area (Å²) >= 11 is 0. The molecular formula is C18H20O4P. The van der Waals surface area contributed by atoms with Crippen molar-refractivity contribution in [1.29, 1.82) is 0 Å². The lowest BCUT2D eigenvalue weighted by Crippen LogP contribution is -2.20. The molecule has 0 aliphatic rings. The van der Waals surface area contributed by atoms with Crippen molar-refractivity contribution >= 4 is 13.3 Å². The molecule has 0 bridgehead atoms. The van der Waals surface area contributed by atoms with Gasteiger partial charge in [-0.2, -0.15) is 0 Å². The highest BCUT2D eigenvalue weighted by Gasteiger charge is 2.27. The largest absolute Gasteiger partial charge is 0.481 e. The average Bonchev–Trinajstić information content (AvgIpc) is 2.55. The lowest BCUT2D eigenvalue weighted by Gasteiger charge is -2.16. The van der Waals surface area contributed by atoms with E-state index in [0.29, 0.717) is 0 Å². The molecule has 0 spiro atoms. The maximum Gasteiger partial charge on any atom is 0.307 e. The first kappa shape index (κ1) is 17.5. The predicted molar refractivity (Wildman–Crippen MR) is 91.4 cm³/mol. The molecule has 2 atom stereocenters. The van der Waals surface area contributed by atoms with Crippen molar-refractivity contribution < 1.29 is 19.4 Å². The van der Waals surface area contributed by atoms with Crippen LogP contribution in [0.4, 0.5) is 0 Å². The molecule has 2 N–H and O–H groups in total. The Hall–Kier alpha value is -1.90. The lowest BCUT2D eigenvalue weighted by molar-refractivity contribution is -0.141. The topological polar surface area (TPSA) is 74.6 Å². The maximum atomic E-state index is 11.8. The molecule has 2 aromatic rings. The summed E-state index contributed by atoms with van der Waals surface area (Å²) in [4.78, 5) is 21.0. The van der Waals surface area contributed by atoms with Crippen LogP contribution in [0.3, 0.4) is 0 Å². The van der Waals surface area contributed by atoms with E-state index in [0.717, 1.165) is 16.7 Å². The smallest absolute Gasteiger partial charge is 0.307 e. The van der Waals surface area contributed by atoms with E-state index in [9.17, 15) is 19.4 Å². The van der Waals surface area contributed by atoms with Crippen molar-refractivity contribution in [2.24, 2.45) is 5.92 Å². The Morgan fingerprint density at radius 3 is 2.17 bits per heavy atom. The van der Waals surface area contributed by atoms with Gasteiger partial charge in [-0.1, -0.05) is 61.5 Å². The van der Waals surface area contributed by atoms with Crippen LogP contribution in [0.25, 0.3) is 11.1 Å². The van der Waals surface area contributed by atoms with Crippen LogP contribution in [0.2, 0.25) is 0 Å². The first-order chi connectivity index (χ1) is 10.9. The number of hydrogen-bond acceptors (Lipinski definition) is 2. The minimum atomic E-state index is -3.48. The summed E-state index contributed by atoms with van der Waals surface area (Å²) in [6, 6.07) is 17.5. The summed E-state index contributed by atoms with van der Waals surface area (Å²) in [6.45, 7) is 1.48. The van der Waals surface area contributed by atoms with E-state index >= 15 is 0 Å². The number of carboxylic acids is 1. The third-order valence-corrected chi connectivity index (χ3v) is 5.55. The molecule has 4 nitrogen and oxygen atoms in total. The normalized spacial score (nSPS) is 14.9. The third-order valence-electron chi connectivity index (χ3n) is 3.78. The van der Waals surface area contributed by atoms with Crippen LogP contribution in [0.5, 0.6) is 0 Å². The fourth-order valence-corrected chi connectivity index (χ4v) is 3.53. The Bertz CT molecular complexity index is 695. The van der Waals surface area contributed by atoms with E-state index in [1.807, 2.05) is 54.6 Å². The quantitative estimate of drug-likeness (QED) is 0.751. The summed E-state index contributed by atoms with van der Waals surface area (Å²) in [5.74, 6) is -1.92. The van der Waals surface area contributed by atoms with Crippen LogP contribution in [-0.2, 0) is 15.8 Å². The molecule has 0 saturated carbocycles. The molecule has 2 aromatic carbocycles. The highest BCUT2D eigenvalue weighted by atomic mass is 31.2. The summed E-state index contributed by atoms with van der Waals surface area (Å²) in [6.07, 6.45) is 1.20. The van der Waals surface area contributed by atoms with Crippen molar-refractivity contribution in [1.82, 2.24) is 0 Å². The highest BCUT2D eigenvalue weighted by molar-refractivity contribution is 7.60. The summed E-state index contributed by atoms with van der Waals surface area (Å²) in [5.41, 5.74) is 2.98. The zero-order valence-electron chi connectivity index (χ0n) is 12.9. The molecule has 121 valence electrons. The molecule has 23 heavy (non-hydrogen) atoms. The fourth-order valence-electron chi connectivity index (χ4n) is 2.40. The van der Waals surface area contributed by atoms with Crippen LogP contribution in [0.1, 0.15) is 12.5 Å². The highest BCUT2D eigenvalue weighted by Crippen LogP contribution is 2.45. The van der Waals surface area contributed by atoms with Gasteiger partial charge in [-0.3, -0.25) is 9.36 Å². The van der Waals surface area contributed by atoms with Gasteiger partial charge < -0.3 is 10.00 Å². The molecule has 2 rings (SSSR count). The number of aliphatic carboxylic acids is 1. The van der Waals surface area contributed by atoms with E-state index in [2.05, 4.69) is 0 Å². The first-order valence-corrected chi connectivity index (χ1v) is 9.32. The first-order valence-electron chi connectivity index (χ1n) is 7.40.